The van der Waals surface area contributed by atoms with Gasteiger partial charge in [-0.25, -0.2) is 8.42 Å². The van der Waals surface area contributed by atoms with Gasteiger partial charge in [-0.1, -0.05) is 30.3 Å². The number of carbonyl (C=O) groups is 1. The Bertz CT molecular complexity index is 867. The van der Waals surface area contributed by atoms with Crippen LogP contribution in [0, 0.1) is 0 Å². The summed E-state index contributed by atoms with van der Waals surface area (Å²) in [5.41, 5.74) is 1.33. The molecule has 0 spiro atoms. The predicted molar refractivity (Wildman–Crippen MR) is 107 cm³/mol. The van der Waals surface area contributed by atoms with E-state index in [1.54, 1.807) is 37.3 Å². The van der Waals surface area contributed by atoms with Crippen LogP contribution in [0.25, 0.3) is 0 Å². The van der Waals surface area contributed by atoms with Crippen molar-refractivity contribution >= 4 is 21.6 Å². The summed E-state index contributed by atoms with van der Waals surface area (Å²) in [6, 6.07) is 15.2. The molecular weight excluding hydrogens is 364 g/mol. The topological polar surface area (TPSA) is 75.7 Å². The number of ether oxygens (including phenoxy) is 1. The molecule has 0 saturated carbocycles. The summed E-state index contributed by atoms with van der Waals surface area (Å²) >= 11 is 0. The maximum Gasteiger partial charge on any atom is 0.243 e. The van der Waals surface area contributed by atoms with E-state index in [4.69, 9.17) is 4.74 Å². The third-order valence-electron chi connectivity index (χ3n) is 3.84. The summed E-state index contributed by atoms with van der Waals surface area (Å²) < 4.78 is 31.2. The van der Waals surface area contributed by atoms with Gasteiger partial charge in [0.2, 0.25) is 15.9 Å². The fraction of sp³-hybridized carbons (Fsp3) is 0.350. The van der Waals surface area contributed by atoms with Crippen molar-refractivity contribution in [3.05, 3.63) is 60.2 Å². The Balaban J connectivity index is 2.10. The predicted octanol–water partition coefficient (Wildman–Crippen LogP) is 2.94. The average Bonchev–Trinajstić information content (AvgIpc) is 2.59. The number of nitrogens with zero attached hydrogens (tertiary/aromatic N) is 1. The second kappa shape index (κ2) is 8.90. The highest BCUT2D eigenvalue weighted by Crippen LogP contribution is 2.20. The van der Waals surface area contributed by atoms with E-state index in [1.807, 2.05) is 38.1 Å². The van der Waals surface area contributed by atoms with Gasteiger partial charge in [0.25, 0.3) is 0 Å². The van der Waals surface area contributed by atoms with Gasteiger partial charge in [-0.05, 0) is 50.6 Å². The molecule has 2 aromatic rings. The maximum absolute atomic E-state index is 12.6. The molecule has 0 saturated heterocycles. The van der Waals surface area contributed by atoms with Gasteiger partial charge in [0, 0.05) is 6.54 Å². The van der Waals surface area contributed by atoms with E-state index in [1.165, 1.54) is 0 Å². The van der Waals surface area contributed by atoms with Crippen molar-refractivity contribution in [1.82, 2.24) is 5.32 Å². The Morgan fingerprint density at radius 1 is 1.07 bits per heavy atom. The Kier molecular flexibility index (Phi) is 6.85. The van der Waals surface area contributed by atoms with Gasteiger partial charge in [-0.3, -0.25) is 9.10 Å². The van der Waals surface area contributed by atoms with Crippen molar-refractivity contribution in [3.63, 3.8) is 0 Å². The van der Waals surface area contributed by atoms with Crippen molar-refractivity contribution in [3.8, 4) is 5.75 Å². The van der Waals surface area contributed by atoms with Gasteiger partial charge in [-0.2, -0.15) is 0 Å². The number of hydrogen-bond donors (Lipinski definition) is 1. The lowest BCUT2D eigenvalue weighted by Crippen LogP contribution is -2.47. The van der Waals surface area contributed by atoms with Gasteiger partial charge in [0.1, 0.15) is 11.8 Å². The van der Waals surface area contributed by atoms with Crippen LogP contribution in [0.5, 0.6) is 5.75 Å². The van der Waals surface area contributed by atoms with E-state index in [0.29, 0.717) is 5.69 Å². The van der Waals surface area contributed by atoms with E-state index in [9.17, 15) is 13.2 Å². The molecule has 27 heavy (non-hydrogen) atoms. The monoisotopic (exact) mass is 390 g/mol. The smallest absolute Gasteiger partial charge is 0.243 e. The zero-order chi connectivity index (χ0) is 20.0. The number of rotatable bonds is 8. The summed E-state index contributed by atoms with van der Waals surface area (Å²) in [5, 5.41) is 2.80. The molecule has 0 fully saturated rings. The van der Waals surface area contributed by atoms with Crippen LogP contribution in [0.2, 0.25) is 0 Å². The van der Waals surface area contributed by atoms with Crippen LogP contribution in [0.3, 0.4) is 0 Å². The number of nitrogens with one attached hydrogen (secondary N) is 1. The highest BCUT2D eigenvalue weighted by molar-refractivity contribution is 7.92. The number of anilines is 1. The molecule has 7 heteroatoms. The third-order valence-corrected chi connectivity index (χ3v) is 5.08. The molecular formula is C20H26N2O4S. The van der Waals surface area contributed by atoms with Crippen LogP contribution >= 0.6 is 0 Å². The highest BCUT2D eigenvalue weighted by atomic mass is 32.2. The lowest BCUT2D eigenvalue weighted by molar-refractivity contribution is -0.122. The SMILES string of the molecule is CC(C)Oc1cccc(CNC(=O)C(C)N(c2ccccc2)S(C)(=O)=O)c1. The third kappa shape index (κ3) is 5.99. The molecule has 2 aromatic carbocycles. The van der Waals surface area contributed by atoms with Crippen LogP contribution in [-0.4, -0.2) is 32.7 Å². The largest absolute Gasteiger partial charge is 0.491 e. The maximum atomic E-state index is 12.6. The quantitative estimate of drug-likeness (QED) is 0.752. The normalized spacial score (nSPS) is 12.5. The van der Waals surface area contributed by atoms with E-state index in [-0.39, 0.29) is 18.6 Å². The summed E-state index contributed by atoms with van der Waals surface area (Å²) in [7, 11) is -3.61. The van der Waals surface area contributed by atoms with E-state index in [2.05, 4.69) is 5.32 Å². The number of benzene rings is 2. The van der Waals surface area contributed by atoms with Gasteiger partial charge in [0.05, 0.1) is 18.0 Å². The molecule has 1 atom stereocenters. The molecule has 0 bridgehead atoms. The molecule has 0 aliphatic carbocycles. The number of hydrogen-bond acceptors (Lipinski definition) is 4. The zero-order valence-corrected chi connectivity index (χ0v) is 16.9. The second-order valence-corrected chi connectivity index (χ2v) is 8.46. The fourth-order valence-corrected chi connectivity index (χ4v) is 3.90. The second-order valence-electron chi connectivity index (χ2n) is 6.60. The molecule has 0 radical (unpaired) electrons. The summed E-state index contributed by atoms with van der Waals surface area (Å²) in [5.74, 6) is 0.353. The summed E-state index contributed by atoms with van der Waals surface area (Å²) in [4.78, 5) is 12.6. The molecule has 0 heterocycles. The molecule has 146 valence electrons. The van der Waals surface area contributed by atoms with Crippen LogP contribution in [0.4, 0.5) is 5.69 Å². The first-order valence-electron chi connectivity index (χ1n) is 8.76. The van der Waals surface area contributed by atoms with Crippen molar-refractivity contribution in [2.24, 2.45) is 0 Å². The number of carbonyl (C=O) groups excluding carboxylic acids is 1. The van der Waals surface area contributed by atoms with Gasteiger partial charge in [-0.15, -0.1) is 0 Å². The van der Waals surface area contributed by atoms with Crippen LogP contribution in [-0.2, 0) is 21.4 Å². The molecule has 1 amide bonds. The molecule has 1 N–H and O–H groups in total. The Hall–Kier alpha value is -2.54. The van der Waals surface area contributed by atoms with Gasteiger partial charge < -0.3 is 10.1 Å². The molecule has 6 nitrogen and oxygen atoms in total. The Morgan fingerprint density at radius 2 is 1.74 bits per heavy atom. The standard InChI is InChI=1S/C20H26N2O4S/c1-15(2)26-19-12-8-9-17(13-19)14-21-20(23)16(3)22(27(4,24)25)18-10-6-5-7-11-18/h5-13,15-16H,14H2,1-4H3,(H,21,23). The first kappa shape index (κ1) is 20.8. The average molecular weight is 391 g/mol. The Labute approximate surface area is 161 Å². The van der Waals surface area contributed by atoms with Crippen molar-refractivity contribution in [2.75, 3.05) is 10.6 Å². The van der Waals surface area contributed by atoms with E-state index in [0.717, 1.165) is 21.9 Å². The number of para-hydroxylation sites is 1. The summed E-state index contributed by atoms with van der Waals surface area (Å²) in [6.07, 6.45) is 1.15. The fourth-order valence-electron chi connectivity index (χ4n) is 2.72. The molecule has 1 unspecified atom stereocenters. The number of amides is 1. The minimum atomic E-state index is -3.61. The molecule has 0 aliphatic rings. The van der Waals surface area contributed by atoms with Crippen molar-refractivity contribution in [2.45, 2.75) is 39.5 Å². The van der Waals surface area contributed by atoms with Gasteiger partial charge >= 0.3 is 0 Å². The van der Waals surface area contributed by atoms with Crippen LogP contribution in [0.15, 0.2) is 54.6 Å². The van der Waals surface area contributed by atoms with E-state index >= 15 is 0 Å². The molecule has 0 aromatic heterocycles. The zero-order valence-electron chi connectivity index (χ0n) is 16.0. The molecule has 2 rings (SSSR count). The van der Waals surface area contributed by atoms with Crippen LogP contribution < -0.4 is 14.4 Å². The number of sulfonamides is 1. The summed E-state index contributed by atoms with van der Waals surface area (Å²) in [6.45, 7) is 5.74. The van der Waals surface area contributed by atoms with Crippen molar-refractivity contribution in [1.29, 1.82) is 0 Å². The van der Waals surface area contributed by atoms with E-state index < -0.39 is 16.1 Å². The first-order valence-corrected chi connectivity index (χ1v) is 10.6. The highest BCUT2D eigenvalue weighted by Gasteiger charge is 2.28. The van der Waals surface area contributed by atoms with Gasteiger partial charge in [0.15, 0.2) is 0 Å². The minimum Gasteiger partial charge on any atom is -0.491 e. The Morgan fingerprint density at radius 3 is 2.33 bits per heavy atom. The molecule has 0 aliphatic heterocycles. The minimum absolute atomic E-state index is 0.0593. The lowest BCUT2D eigenvalue weighted by Gasteiger charge is -2.28. The lowest BCUT2D eigenvalue weighted by atomic mass is 10.2. The first-order chi connectivity index (χ1) is 12.7. The van der Waals surface area contributed by atoms with Crippen LogP contribution in [0.1, 0.15) is 26.3 Å². The van der Waals surface area contributed by atoms with Crippen molar-refractivity contribution < 1.29 is 17.9 Å².